The molecule has 22 nitrogen and oxygen atoms in total. The third kappa shape index (κ3) is 12.9. The van der Waals surface area contributed by atoms with Gasteiger partial charge in [-0.15, -0.1) is 0 Å². The Bertz CT molecular complexity index is 2540. The summed E-state index contributed by atoms with van der Waals surface area (Å²) < 4.78 is 54.0. The number of nitrogens with one attached hydrogen (secondary N) is 4. The molecule has 5 amide bonds. The number of carbonyl (C=O) groups excluding carboxylic acids is 6. The predicted molar refractivity (Wildman–Crippen MR) is 250 cm³/mol. The van der Waals surface area contributed by atoms with Crippen molar-refractivity contribution in [2.45, 2.75) is 103 Å². The molecule has 2 aromatic heterocycles. The molecule has 3 aliphatic rings. The Morgan fingerprint density at radius 1 is 0.859 bits per heavy atom. The van der Waals surface area contributed by atoms with Gasteiger partial charge in [0.15, 0.2) is 5.60 Å². The normalized spacial score (nSPS) is 17.8. The van der Waals surface area contributed by atoms with Gasteiger partial charge >= 0.3 is 5.97 Å². The van der Waals surface area contributed by atoms with E-state index < -0.39 is 83.1 Å². The van der Waals surface area contributed by atoms with Gasteiger partial charge in [-0.25, -0.2) is 14.2 Å². The van der Waals surface area contributed by atoms with Gasteiger partial charge in [0, 0.05) is 36.1 Å². The van der Waals surface area contributed by atoms with Gasteiger partial charge in [-0.05, 0) is 62.8 Å². The topological polar surface area (TPSA) is 296 Å². The molecular formula is C48H64FN7O15. The van der Waals surface area contributed by atoms with Crippen LogP contribution in [0.4, 0.5) is 4.39 Å². The molecule has 0 spiro atoms. The lowest BCUT2D eigenvalue weighted by Gasteiger charge is -2.31. The van der Waals surface area contributed by atoms with E-state index >= 15 is 4.39 Å². The minimum absolute atomic E-state index is 0.0141. The fourth-order valence-electron chi connectivity index (χ4n) is 8.75. The zero-order valence-electron chi connectivity index (χ0n) is 40.7. The number of cyclic esters (lactones) is 1. The number of nitrogens with zero attached hydrogens (tertiary/aromatic N) is 2. The number of halogens is 1. The molecule has 5 atom stereocenters. The van der Waals surface area contributed by atoms with Gasteiger partial charge in [-0.2, -0.15) is 0 Å². The van der Waals surface area contributed by atoms with Gasteiger partial charge in [-0.3, -0.25) is 28.8 Å². The lowest BCUT2D eigenvalue weighted by atomic mass is 9.81. The molecule has 0 bridgehead atoms. The molecule has 3 aromatic rings. The van der Waals surface area contributed by atoms with E-state index in [4.69, 9.17) is 43.9 Å². The summed E-state index contributed by atoms with van der Waals surface area (Å²) in [7, 11) is 1.61. The fraction of sp³-hybridized carbons (Fsp3) is 0.583. The number of benzene rings is 1. The summed E-state index contributed by atoms with van der Waals surface area (Å²) in [4.78, 5) is 97.1. The first-order chi connectivity index (χ1) is 34.0. The van der Waals surface area contributed by atoms with Crippen molar-refractivity contribution in [2.75, 3.05) is 79.8 Å². The van der Waals surface area contributed by atoms with Crippen molar-refractivity contribution in [2.24, 2.45) is 5.73 Å². The van der Waals surface area contributed by atoms with Crippen LogP contribution in [0.3, 0.4) is 0 Å². The minimum Gasteiger partial charge on any atom is -0.458 e. The minimum atomic E-state index is -2.08. The van der Waals surface area contributed by atoms with Crippen molar-refractivity contribution < 1.29 is 71.4 Å². The molecule has 71 heavy (non-hydrogen) atoms. The largest absolute Gasteiger partial charge is 0.458 e. The predicted octanol–water partition coefficient (Wildman–Crippen LogP) is 0.120. The first-order valence-electron chi connectivity index (χ1n) is 23.7. The maximum absolute atomic E-state index is 15.4. The second-order valence-electron chi connectivity index (χ2n) is 17.5. The molecule has 2 aliphatic heterocycles. The second kappa shape index (κ2) is 24.9. The molecule has 6 rings (SSSR count). The van der Waals surface area contributed by atoms with Gasteiger partial charge in [0.25, 0.3) is 5.56 Å². The molecule has 23 heteroatoms. The highest BCUT2D eigenvalue weighted by Gasteiger charge is 2.46. The number of pyridine rings is 2. The van der Waals surface area contributed by atoms with Gasteiger partial charge < -0.3 is 69.8 Å². The molecule has 0 fully saturated rings. The smallest absolute Gasteiger partial charge is 0.343 e. The molecule has 0 saturated heterocycles. The van der Waals surface area contributed by atoms with Crippen LogP contribution in [0.25, 0.3) is 22.3 Å². The molecule has 4 heterocycles. The molecule has 0 radical (unpaired) electrons. The Labute approximate surface area is 409 Å². The maximum atomic E-state index is 15.4. The highest BCUT2D eigenvalue weighted by molar-refractivity contribution is 5.97. The highest BCUT2D eigenvalue weighted by Crippen LogP contribution is 2.46. The number of hydrogen-bond acceptors (Lipinski definition) is 16. The summed E-state index contributed by atoms with van der Waals surface area (Å²) in [5.41, 5.74) is 6.13. The number of rotatable bonds is 28. The first-order valence-corrected chi connectivity index (χ1v) is 23.7. The summed E-state index contributed by atoms with van der Waals surface area (Å²) in [5.74, 6) is -5.09. The van der Waals surface area contributed by atoms with E-state index in [1.54, 1.807) is 21.0 Å². The number of aliphatic hydroxyl groups is 1. The number of primary amides is 1. The number of aromatic nitrogens is 2. The summed E-state index contributed by atoms with van der Waals surface area (Å²) in [6.45, 7) is 9.79. The van der Waals surface area contributed by atoms with E-state index in [1.807, 2.05) is 0 Å². The molecule has 388 valence electrons. The van der Waals surface area contributed by atoms with Crippen LogP contribution in [0.2, 0.25) is 0 Å². The number of amides is 5. The number of nitrogens with two attached hydrogens (primary N) is 1. The van der Waals surface area contributed by atoms with Gasteiger partial charge in [0.1, 0.15) is 30.5 Å². The molecule has 1 aliphatic carbocycles. The van der Waals surface area contributed by atoms with Crippen molar-refractivity contribution in [3.63, 3.8) is 0 Å². The third-order valence-corrected chi connectivity index (χ3v) is 12.6. The van der Waals surface area contributed by atoms with Crippen LogP contribution >= 0.6 is 0 Å². The molecule has 0 saturated carbocycles. The lowest BCUT2D eigenvalue weighted by Crippen LogP contribution is -2.56. The molecule has 7 N–H and O–H groups in total. The Balaban J connectivity index is 1.01. The molecular weight excluding hydrogens is 934 g/mol. The van der Waals surface area contributed by atoms with E-state index in [9.17, 15) is 38.7 Å². The van der Waals surface area contributed by atoms with Gasteiger partial charge in [-0.1, -0.05) is 6.92 Å². The van der Waals surface area contributed by atoms with Crippen molar-refractivity contribution >= 4 is 46.4 Å². The average Bonchev–Trinajstić information content (AvgIpc) is 3.71. The summed E-state index contributed by atoms with van der Waals surface area (Å²) in [6.07, 6.45) is -0.163. The van der Waals surface area contributed by atoms with Gasteiger partial charge in [0.05, 0.1) is 114 Å². The van der Waals surface area contributed by atoms with Crippen molar-refractivity contribution in [1.29, 1.82) is 0 Å². The zero-order valence-corrected chi connectivity index (χ0v) is 40.7. The number of methoxy groups -OCH3 is 1. The number of ether oxygens (including phenoxy) is 7. The second-order valence-corrected chi connectivity index (χ2v) is 17.5. The number of esters is 1. The van der Waals surface area contributed by atoms with Crippen LogP contribution in [-0.4, -0.2) is 148 Å². The van der Waals surface area contributed by atoms with Crippen LogP contribution in [0.1, 0.15) is 85.9 Å². The maximum Gasteiger partial charge on any atom is 0.343 e. The molecule has 1 aromatic carbocycles. The van der Waals surface area contributed by atoms with Crippen molar-refractivity contribution in [3.8, 4) is 11.4 Å². The summed E-state index contributed by atoms with van der Waals surface area (Å²) >= 11 is 0. The number of fused-ring (bicyclic) bond motifs is 5. The van der Waals surface area contributed by atoms with Crippen molar-refractivity contribution in [1.82, 2.24) is 30.8 Å². The first kappa shape index (κ1) is 54.4. The Morgan fingerprint density at radius 2 is 1.45 bits per heavy atom. The van der Waals surface area contributed by atoms with Crippen LogP contribution in [-0.2, 0) is 87.1 Å². The van der Waals surface area contributed by atoms with Crippen LogP contribution in [0.15, 0.2) is 16.9 Å². The lowest BCUT2D eigenvalue weighted by molar-refractivity contribution is -0.172. The average molecular weight is 998 g/mol. The summed E-state index contributed by atoms with van der Waals surface area (Å²) in [5, 5.41) is 22.5. The number of aryl methyl sites for hydroxylation is 1. The highest BCUT2D eigenvalue weighted by atomic mass is 19.1. The standard InChI is InChI=1S/C48H64FN7O15/c1-6-48(64)32-21-37-42-30(24-56(37)46(62)31(32)25-71-47(48)63)41-34(8-7-29-26(2)33(49)22-35(53-42)40(29)41)54-45(61)36(23-38(50)57)55-44(60)28(4)52-43(59)27(3)51-39(58)9-10-66-13-14-68-17-18-70-20-19-69-16-15-67-12-11-65-5/h21-22,27-28,34,36,64H,6-20,23-25H2,1-5H3,(H2,50,57)(H,51,58)(H,52,59)(H,54,61)(H,55,60). The SMILES string of the molecule is CCC1(O)C(=O)OCc2c1cc1n(c2=O)Cc2c-1nc1cc(F)c(C)c3c1c2C(NC(=O)C(CC(N)=O)NC(=O)C(C)NC(=O)C(C)NC(=O)CCOCCOCCOCCOCCOCCOC)CC3. The summed E-state index contributed by atoms with van der Waals surface area (Å²) in [6, 6.07) is -1.78. The number of carbonyl (C=O) groups is 6. The Morgan fingerprint density at radius 3 is 2.06 bits per heavy atom. The van der Waals surface area contributed by atoms with Crippen LogP contribution in [0, 0.1) is 12.7 Å². The Kier molecular flexibility index (Phi) is 19.1. The molecule has 5 unspecified atom stereocenters. The quantitative estimate of drug-likeness (QED) is 0.0325. The number of hydrogen-bond donors (Lipinski definition) is 6. The van der Waals surface area contributed by atoms with Crippen LogP contribution in [0.5, 0.6) is 0 Å². The van der Waals surface area contributed by atoms with E-state index in [2.05, 4.69) is 21.3 Å². The Hall–Kier alpha value is -5.95. The third-order valence-electron chi connectivity index (χ3n) is 12.6. The van der Waals surface area contributed by atoms with E-state index in [-0.39, 0.29) is 74.6 Å². The van der Waals surface area contributed by atoms with E-state index in [1.165, 1.54) is 30.5 Å². The van der Waals surface area contributed by atoms with Crippen LogP contribution < -0.4 is 32.6 Å². The van der Waals surface area contributed by atoms with Gasteiger partial charge in [0.2, 0.25) is 29.5 Å². The monoisotopic (exact) mass is 997 g/mol. The van der Waals surface area contributed by atoms with E-state index in [0.717, 1.165) is 0 Å². The van der Waals surface area contributed by atoms with E-state index in [0.29, 0.717) is 92.6 Å². The van der Waals surface area contributed by atoms with Crippen molar-refractivity contribution in [3.05, 3.63) is 61.7 Å². The fourth-order valence-corrected chi connectivity index (χ4v) is 8.75. The zero-order chi connectivity index (χ0) is 51.4.